The molecule has 1 aliphatic rings. The predicted octanol–water partition coefficient (Wildman–Crippen LogP) is 0.838. The largest absolute Gasteiger partial charge is 0.497 e. The summed E-state index contributed by atoms with van der Waals surface area (Å²) in [7, 11) is 2.89. The monoisotopic (exact) mass is 402 g/mol. The molecule has 29 heavy (non-hydrogen) atoms. The summed E-state index contributed by atoms with van der Waals surface area (Å²) in [5, 5.41) is 0. The topological polar surface area (TPSA) is 85.4 Å². The molecule has 1 aromatic carbocycles. The van der Waals surface area contributed by atoms with Crippen molar-refractivity contribution < 1.29 is 28.6 Å². The molecule has 8 heteroatoms. The highest BCUT2D eigenvalue weighted by atomic mass is 16.5. The Labute approximate surface area is 170 Å². The number of hydrogen-bond donors (Lipinski definition) is 0. The van der Waals surface area contributed by atoms with Crippen molar-refractivity contribution in [2.75, 3.05) is 40.4 Å². The summed E-state index contributed by atoms with van der Waals surface area (Å²) in [5.74, 6) is 4.66. The quantitative estimate of drug-likeness (QED) is 0.496. The highest BCUT2D eigenvalue weighted by Gasteiger charge is 2.30. The average Bonchev–Trinajstić information content (AvgIpc) is 2.89. The van der Waals surface area contributed by atoms with E-state index in [2.05, 4.69) is 16.6 Å². The molecule has 0 aliphatic carbocycles. The smallest absolute Gasteiger partial charge is 0.307 e. The van der Waals surface area contributed by atoms with Gasteiger partial charge in [-0.05, 0) is 30.5 Å². The van der Waals surface area contributed by atoms with Crippen LogP contribution < -0.4 is 4.74 Å². The molecule has 1 unspecified atom stereocenters. The fourth-order valence-corrected chi connectivity index (χ4v) is 2.95. The first kappa shape index (κ1) is 22.2. The van der Waals surface area contributed by atoms with Gasteiger partial charge >= 0.3 is 5.97 Å². The number of rotatable bonds is 7. The molecular weight excluding hydrogens is 376 g/mol. The third kappa shape index (κ3) is 6.80. The van der Waals surface area contributed by atoms with Crippen molar-refractivity contribution in [1.29, 1.82) is 0 Å². The minimum absolute atomic E-state index is 0.0769. The molecule has 1 fully saturated rings. The van der Waals surface area contributed by atoms with E-state index in [9.17, 15) is 14.4 Å². The number of ether oxygens (including phenoxy) is 3. The summed E-state index contributed by atoms with van der Waals surface area (Å²) in [6, 6.07) is 7.48. The van der Waals surface area contributed by atoms with Gasteiger partial charge in [0.25, 0.3) is 5.91 Å². The zero-order valence-electron chi connectivity index (χ0n) is 17.0. The van der Waals surface area contributed by atoms with Crippen LogP contribution in [-0.4, -0.2) is 74.1 Å². The second-order valence-electron chi connectivity index (χ2n) is 6.51. The summed E-state index contributed by atoms with van der Waals surface area (Å²) in [5.41, 5.74) is 0.910. The lowest BCUT2D eigenvalue weighted by atomic mass is 10.2. The molecule has 0 N–H and O–H groups in total. The van der Waals surface area contributed by atoms with E-state index in [1.54, 1.807) is 14.0 Å². The molecule has 0 spiro atoms. The summed E-state index contributed by atoms with van der Waals surface area (Å²) < 4.78 is 15.9. The van der Waals surface area contributed by atoms with E-state index in [0.717, 1.165) is 11.3 Å². The van der Waals surface area contributed by atoms with E-state index in [0.29, 0.717) is 6.61 Å². The third-order valence-corrected chi connectivity index (χ3v) is 4.48. The molecule has 0 aromatic heterocycles. The van der Waals surface area contributed by atoms with Crippen molar-refractivity contribution in [2.45, 2.75) is 26.1 Å². The van der Waals surface area contributed by atoms with Gasteiger partial charge in [0, 0.05) is 13.1 Å². The van der Waals surface area contributed by atoms with Crippen LogP contribution in [0, 0.1) is 11.8 Å². The molecule has 0 radical (unpaired) electrons. The van der Waals surface area contributed by atoms with E-state index >= 15 is 0 Å². The summed E-state index contributed by atoms with van der Waals surface area (Å²) in [6.45, 7) is 2.46. The summed E-state index contributed by atoms with van der Waals surface area (Å²) in [4.78, 5) is 39.2. The number of amides is 2. The van der Waals surface area contributed by atoms with Gasteiger partial charge in [-0.1, -0.05) is 18.1 Å². The Bertz CT molecular complexity index is 798. The van der Waals surface area contributed by atoms with Crippen LogP contribution in [0.25, 0.3) is 0 Å². The first-order valence-corrected chi connectivity index (χ1v) is 9.27. The first-order chi connectivity index (χ1) is 14.0. The Morgan fingerprint density at radius 3 is 2.72 bits per heavy atom. The maximum atomic E-state index is 12.6. The minimum Gasteiger partial charge on any atom is -0.497 e. The zero-order valence-corrected chi connectivity index (χ0v) is 17.0. The van der Waals surface area contributed by atoms with Gasteiger partial charge in [0.2, 0.25) is 5.91 Å². The Morgan fingerprint density at radius 2 is 2.03 bits per heavy atom. The van der Waals surface area contributed by atoms with Crippen LogP contribution in [0.4, 0.5) is 0 Å². The minimum atomic E-state index is -0.425. The van der Waals surface area contributed by atoms with Gasteiger partial charge in [0.1, 0.15) is 12.3 Å². The number of hydrogen-bond acceptors (Lipinski definition) is 6. The van der Waals surface area contributed by atoms with E-state index in [-0.39, 0.29) is 38.5 Å². The zero-order chi connectivity index (χ0) is 21.2. The molecule has 1 atom stereocenters. The summed E-state index contributed by atoms with van der Waals surface area (Å²) >= 11 is 0. The van der Waals surface area contributed by atoms with E-state index < -0.39 is 18.0 Å². The lowest BCUT2D eigenvalue weighted by Crippen LogP contribution is -2.39. The molecule has 2 amide bonds. The van der Waals surface area contributed by atoms with Crippen molar-refractivity contribution in [3.05, 3.63) is 29.8 Å². The van der Waals surface area contributed by atoms with Crippen molar-refractivity contribution in [3.63, 3.8) is 0 Å². The lowest BCUT2D eigenvalue weighted by Gasteiger charge is -2.24. The van der Waals surface area contributed by atoms with Crippen LogP contribution in [0.1, 0.15) is 18.9 Å². The van der Waals surface area contributed by atoms with Crippen molar-refractivity contribution in [2.24, 2.45) is 0 Å². The van der Waals surface area contributed by atoms with Gasteiger partial charge < -0.3 is 24.0 Å². The molecule has 1 saturated heterocycles. The Morgan fingerprint density at radius 1 is 1.24 bits per heavy atom. The molecule has 1 aliphatic heterocycles. The van der Waals surface area contributed by atoms with Crippen molar-refractivity contribution in [3.8, 4) is 17.6 Å². The maximum Gasteiger partial charge on any atom is 0.307 e. The number of esters is 1. The predicted molar refractivity (Wildman–Crippen MR) is 105 cm³/mol. The standard InChI is InChI=1S/C21H26N2O6/c1-4-6-19(24)23-13-18(29-15-16-7-5-8-17(11-16)27-2)12-22(20(25)14-23)10-9-21(26)28-3/h5,7-8,11,18H,9-10,12-15H2,1-3H3. The van der Waals surface area contributed by atoms with Crippen LogP contribution in [-0.2, 0) is 30.5 Å². The summed E-state index contributed by atoms with van der Waals surface area (Å²) in [6.07, 6.45) is -0.346. The van der Waals surface area contributed by atoms with Crippen LogP contribution in [0.15, 0.2) is 24.3 Å². The fourth-order valence-electron chi connectivity index (χ4n) is 2.95. The first-order valence-electron chi connectivity index (χ1n) is 9.27. The number of methoxy groups -OCH3 is 2. The SMILES string of the molecule is CC#CC(=O)N1CC(=O)N(CCC(=O)OC)CC(OCc2cccc(OC)c2)C1. The number of carbonyl (C=O) groups is 3. The molecule has 156 valence electrons. The van der Waals surface area contributed by atoms with Gasteiger partial charge in [-0.15, -0.1) is 0 Å². The normalized spacial score (nSPS) is 16.5. The number of carbonyl (C=O) groups excluding carboxylic acids is 3. The van der Waals surface area contributed by atoms with Crippen molar-refractivity contribution >= 4 is 17.8 Å². The van der Waals surface area contributed by atoms with Gasteiger partial charge in [0.15, 0.2) is 0 Å². The van der Waals surface area contributed by atoms with Gasteiger partial charge in [-0.25, -0.2) is 0 Å². The number of benzene rings is 1. The highest BCUT2D eigenvalue weighted by Crippen LogP contribution is 2.16. The highest BCUT2D eigenvalue weighted by molar-refractivity contribution is 5.96. The maximum absolute atomic E-state index is 12.6. The third-order valence-electron chi connectivity index (χ3n) is 4.48. The van der Waals surface area contributed by atoms with Crippen LogP contribution >= 0.6 is 0 Å². The molecule has 2 rings (SSSR count). The molecular formula is C21H26N2O6. The van der Waals surface area contributed by atoms with Gasteiger partial charge in [0.05, 0.1) is 39.9 Å². The molecule has 1 heterocycles. The van der Waals surface area contributed by atoms with Crippen LogP contribution in [0.2, 0.25) is 0 Å². The Kier molecular flexibility index (Phi) is 8.49. The Hall–Kier alpha value is -3.05. The van der Waals surface area contributed by atoms with Crippen LogP contribution in [0.3, 0.4) is 0 Å². The molecule has 8 nitrogen and oxygen atoms in total. The van der Waals surface area contributed by atoms with Crippen molar-refractivity contribution in [1.82, 2.24) is 9.80 Å². The van der Waals surface area contributed by atoms with E-state index in [1.165, 1.54) is 16.9 Å². The second kappa shape index (κ2) is 11.1. The molecule has 1 aromatic rings. The fraction of sp³-hybridized carbons (Fsp3) is 0.476. The van der Waals surface area contributed by atoms with E-state index in [4.69, 9.17) is 9.47 Å². The number of nitrogens with zero attached hydrogens (tertiary/aromatic N) is 2. The Balaban J connectivity index is 2.11. The lowest BCUT2D eigenvalue weighted by molar-refractivity contribution is -0.142. The van der Waals surface area contributed by atoms with Gasteiger partial charge in [-0.2, -0.15) is 0 Å². The average molecular weight is 402 g/mol. The van der Waals surface area contributed by atoms with E-state index in [1.807, 2.05) is 24.3 Å². The van der Waals surface area contributed by atoms with Gasteiger partial charge in [-0.3, -0.25) is 14.4 Å². The molecule has 0 saturated carbocycles. The van der Waals surface area contributed by atoms with Crippen LogP contribution in [0.5, 0.6) is 5.75 Å². The molecule has 0 bridgehead atoms. The second-order valence-corrected chi connectivity index (χ2v) is 6.51.